The Kier molecular flexibility index (Phi) is 3.09. The smallest absolute Gasteiger partial charge is 0.189 e. The molecule has 1 N–H and O–H groups in total. The van der Waals surface area contributed by atoms with Crippen molar-refractivity contribution in [2.75, 3.05) is 19.7 Å². The van der Waals surface area contributed by atoms with E-state index in [1.807, 2.05) is 24.3 Å². The molecular weight excluding hydrogens is 228 g/mol. The second-order valence-electron chi connectivity index (χ2n) is 4.80. The molecule has 2 aliphatic rings. The van der Waals surface area contributed by atoms with E-state index in [0.717, 1.165) is 24.6 Å². The molecule has 18 heavy (non-hydrogen) atoms. The minimum Gasteiger partial charge on any atom is -0.485 e. The normalized spacial score (nSPS) is 22.7. The van der Waals surface area contributed by atoms with Crippen LogP contribution in [0.5, 0.6) is 11.5 Å². The fourth-order valence-corrected chi connectivity index (χ4v) is 2.49. The molecule has 2 heterocycles. The first-order chi connectivity index (χ1) is 8.84. The van der Waals surface area contributed by atoms with Crippen molar-refractivity contribution >= 4 is 5.84 Å². The lowest BCUT2D eigenvalue weighted by Crippen LogP contribution is -2.47. The summed E-state index contributed by atoms with van der Waals surface area (Å²) in [7, 11) is 0. The molecule has 0 amide bonds. The van der Waals surface area contributed by atoms with E-state index in [9.17, 15) is 0 Å². The van der Waals surface area contributed by atoms with Crippen molar-refractivity contribution < 1.29 is 9.47 Å². The Morgan fingerprint density at radius 3 is 2.61 bits per heavy atom. The number of hydrogen-bond acceptors (Lipinski definition) is 3. The quantitative estimate of drug-likeness (QED) is 0.611. The van der Waals surface area contributed by atoms with Gasteiger partial charge >= 0.3 is 0 Å². The van der Waals surface area contributed by atoms with Crippen molar-refractivity contribution in [1.29, 1.82) is 5.41 Å². The number of para-hydroxylation sites is 2. The zero-order valence-electron chi connectivity index (χ0n) is 10.4. The van der Waals surface area contributed by atoms with Crippen molar-refractivity contribution in [2.45, 2.75) is 25.4 Å². The molecule has 0 aromatic heterocycles. The van der Waals surface area contributed by atoms with Gasteiger partial charge < -0.3 is 14.4 Å². The van der Waals surface area contributed by atoms with E-state index >= 15 is 0 Å². The molecule has 0 radical (unpaired) electrons. The van der Waals surface area contributed by atoms with Crippen LogP contribution >= 0.6 is 0 Å². The Hall–Kier alpha value is -1.71. The number of nitrogens with one attached hydrogen (secondary N) is 1. The number of hydrogen-bond donors (Lipinski definition) is 1. The highest BCUT2D eigenvalue weighted by Gasteiger charge is 2.28. The molecular formula is C14H18N2O2. The van der Waals surface area contributed by atoms with E-state index in [-0.39, 0.29) is 6.10 Å². The minimum atomic E-state index is -0.266. The van der Waals surface area contributed by atoms with Crippen LogP contribution in [0.4, 0.5) is 0 Å². The topological polar surface area (TPSA) is 45.6 Å². The fourth-order valence-electron chi connectivity index (χ4n) is 2.49. The molecule has 0 aliphatic carbocycles. The van der Waals surface area contributed by atoms with Crippen LogP contribution in [0.3, 0.4) is 0 Å². The van der Waals surface area contributed by atoms with Gasteiger partial charge in [-0.05, 0) is 31.4 Å². The van der Waals surface area contributed by atoms with Crippen LogP contribution < -0.4 is 9.47 Å². The van der Waals surface area contributed by atoms with Gasteiger partial charge in [0, 0.05) is 13.1 Å². The molecule has 2 aliphatic heterocycles. The largest absolute Gasteiger partial charge is 0.485 e. The van der Waals surface area contributed by atoms with Crippen molar-refractivity contribution in [3.63, 3.8) is 0 Å². The van der Waals surface area contributed by atoms with Crippen LogP contribution in [-0.2, 0) is 0 Å². The maximum absolute atomic E-state index is 8.24. The molecule has 4 heteroatoms. The second-order valence-corrected chi connectivity index (χ2v) is 4.80. The highest BCUT2D eigenvalue weighted by atomic mass is 16.6. The van der Waals surface area contributed by atoms with Gasteiger partial charge in [0.05, 0.1) is 0 Å². The summed E-state index contributed by atoms with van der Waals surface area (Å²) in [6.07, 6.45) is 3.35. The molecule has 0 saturated carbocycles. The Labute approximate surface area is 107 Å². The monoisotopic (exact) mass is 246 g/mol. The summed E-state index contributed by atoms with van der Waals surface area (Å²) in [5, 5.41) is 8.24. The Morgan fingerprint density at radius 1 is 1.11 bits per heavy atom. The molecule has 0 spiro atoms. The first kappa shape index (κ1) is 11.4. The van der Waals surface area contributed by atoms with Gasteiger partial charge in [0.1, 0.15) is 12.4 Å². The number of amidine groups is 1. The number of benzene rings is 1. The van der Waals surface area contributed by atoms with Gasteiger partial charge in [-0.25, -0.2) is 0 Å². The number of piperidine rings is 1. The summed E-state index contributed by atoms with van der Waals surface area (Å²) in [6, 6.07) is 7.65. The van der Waals surface area contributed by atoms with Gasteiger partial charge in [0.25, 0.3) is 0 Å². The zero-order valence-corrected chi connectivity index (χ0v) is 10.4. The van der Waals surface area contributed by atoms with Crippen molar-refractivity contribution in [3.05, 3.63) is 24.3 Å². The van der Waals surface area contributed by atoms with Crippen LogP contribution in [-0.4, -0.2) is 36.5 Å². The lowest BCUT2D eigenvalue weighted by atomic mass is 10.1. The van der Waals surface area contributed by atoms with Gasteiger partial charge in [-0.3, -0.25) is 5.41 Å². The van der Waals surface area contributed by atoms with E-state index < -0.39 is 0 Å². The molecule has 1 saturated heterocycles. The third-order valence-electron chi connectivity index (χ3n) is 3.51. The minimum absolute atomic E-state index is 0.266. The van der Waals surface area contributed by atoms with Crippen LogP contribution in [0.1, 0.15) is 19.3 Å². The zero-order chi connectivity index (χ0) is 12.4. The summed E-state index contributed by atoms with van der Waals surface area (Å²) >= 11 is 0. The summed E-state index contributed by atoms with van der Waals surface area (Å²) < 4.78 is 11.5. The lowest BCUT2D eigenvalue weighted by Gasteiger charge is -2.34. The maximum atomic E-state index is 8.24. The Morgan fingerprint density at radius 2 is 1.83 bits per heavy atom. The van der Waals surface area contributed by atoms with E-state index in [0.29, 0.717) is 12.4 Å². The molecule has 1 aromatic carbocycles. The Bertz CT molecular complexity index is 441. The van der Waals surface area contributed by atoms with Crippen LogP contribution in [0, 0.1) is 5.41 Å². The maximum Gasteiger partial charge on any atom is 0.189 e. The van der Waals surface area contributed by atoms with E-state index in [1.54, 1.807) is 0 Å². The fraction of sp³-hybridized carbons (Fsp3) is 0.500. The van der Waals surface area contributed by atoms with Crippen LogP contribution in [0.2, 0.25) is 0 Å². The molecule has 1 fully saturated rings. The SMILES string of the molecule is N=C(C1COc2ccccc2O1)N1CCCCC1. The van der Waals surface area contributed by atoms with Crippen molar-refractivity contribution in [2.24, 2.45) is 0 Å². The molecule has 1 unspecified atom stereocenters. The average molecular weight is 246 g/mol. The number of fused-ring (bicyclic) bond motifs is 1. The predicted octanol–water partition coefficient (Wildman–Crippen LogP) is 2.29. The first-order valence-electron chi connectivity index (χ1n) is 6.56. The second kappa shape index (κ2) is 4.88. The number of rotatable bonds is 1. The molecule has 4 nitrogen and oxygen atoms in total. The highest BCUT2D eigenvalue weighted by Crippen LogP contribution is 2.31. The number of likely N-dealkylation sites (tertiary alicyclic amines) is 1. The molecule has 1 atom stereocenters. The van der Waals surface area contributed by atoms with Crippen molar-refractivity contribution in [1.82, 2.24) is 4.90 Å². The number of ether oxygens (including phenoxy) is 2. The van der Waals surface area contributed by atoms with Gasteiger partial charge in [0.2, 0.25) is 0 Å². The standard InChI is InChI=1S/C14H18N2O2/c15-14(16-8-4-1-5-9-16)13-10-17-11-6-2-3-7-12(11)18-13/h2-3,6-7,13,15H,1,4-5,8-10H2. The molecule has 1 aromatic rings. The summed E-state index contributed by atoms with van der Waals surface area (Å²) in [6.45, 7) is 2.38. The van der Waals surface area contributed by atoms with Gasteiger partial charge in [-0.15, -0.1) is 0 Å². The van der Waals surface area contributed by atoms with E-state index in [2.05, 4.69) is 4.90 Å². The summed E-state index contributed by atoms with van der Waals surface area (Å²) in [4.78, 5) is 2.12. The van der Waals surface area contributed by atoms with Crippen molar-refractivity contribution in [3.8, 4) is 11.5 Å². The van der Waals surface area contributed by atoms with Gasteiger partial charge in [-0.1, -0.05) is 12.1 Å². The molecule has 96 valence electrons. The van der Waals surface area contributed by atoms with E-state index in [1.165, 1.54) is 19.3 Å². The third-order valence-corrected chi connectivity index (χ3v) is 3.51. The summed E-state index contributed by atoms with van der Waals surface area (Å²) in [5.74, 6) is 2.08. The average Bonchev–Trinajstić information content (AvgIpc) is 2.47. The van der Waals surface area contributed by atoms with Crippen LogP contribution in [0.15, 0.2) is 24.3 Å². The highest BCUT2D eigenvalue weighted by molar-refractivity contribution is 5.84. The Balaban J connectivity index is 1.69. The van der Waals surface area contributed by atoms with E-state index in [4.69, 9.17) is 14.9 Å². The number of nitrogens with zero attached hydrogens (tertiary/aromatic N) is 1. The van der Waals surface area contributed by atoms with Gasteiger partial charge in [-0.2, -0.15) is 0 Å². The third kappa shape index (κ3) is 2.15. The molecule has 0 bridgehead atoms. The van der Waals surface area contributed by atoms with Gasteiger partial charge in [0.15, 0.2) is 17.6 Å². The summed E-state index contributed by atoms with van der Waals surface area (Å²) in [5.41, 5.74) is 0. The predicted molar refractivity (Wildman–Crippen MR) is 69.5 cm³/mol. The van der Waals surface area contributed by atoms with Crippen LogP contribution in [0.25, 0.3) is 0 Å². The molecule has 3 rings (SSSR count). The lowest BCUT2D eigenvalue weighted by molar-refractivity contribution is 0.122. The first-order valence-corrected chi connectivity index (χ1v) is 6.56.